The second-order valence-electron chi connectivity index (χ2n) is 8.98. The molecule has 32 heavy (non-hydrogen) atoms. The zero-order chi connectivity index (χ0) is 22.3. The molecule has 6 rings (SSSR count). The number of rotatable bonds is 4. The van der Waals surface area contributed by atoms with Crippen molar-refractivity contribution < 1.29 is 19.5 Å². The second kappa shape index (κ2) is 7.30. The van der Waals surface area contributed by atoms with Crippen molar-refractivity contribution in [3.05, 3.63) is 48.8 Å². The van der Waals surface area contributed by atoms with Gasteiger partial charge in [0, 0.05) is 27.1 Å². The average molecular weight is 535 g/mol. The number of aromatic nitrogens is 1. The van der Waals surface area contributed by atoms with Gasteiger partial charge in [-0.1, -0.05) is 39.4 Å². The minimum atomic E-state index is -1.02. The molecule has 0 radical (unpaired) electrons. The summed E-state index contributed by atoms with van der Waals surface area (Å²) in [5.41, 5.74) is 1.11. The highest BCUT2D eigenvalue weighted by Crippen LogP contribution is 2.68. The van der Waals surface area contributed by atoms with Crippen molar-refractivity contribution in [3.63, 3.8) is 0 Å². The lowest BCUT2D eigenvalue weighted by atomic mass is 9.68. The first-order valence-electron chi connectivity index (χ1n) is 10.6. The molecule has 2 saturated carbocycles. The lowest BCUT2D eigenvalue weighted by Gasteiger charge is -2.43. The molecule has 2 aliphatic carbocycles. The monoisotopic (exact) mass is 534 g/mol. The SMILES string of the molecule is O=C(O)CCN1C(=O)[C@@H]2[C@H]3C[C@@H]([C@@H]2C1=O)[C@@H]1[C@H](c2ccc(Br)cc2)c2sc(=O)[nH]c2S[C@@H]31. The summed E-state index contributed by atoms with van der Waals surface area (Å²) in [7, 11) is 0. The minimum Gasteiger partial charge on any atom is -0.481 e. The Labute approximate surface area is 199 Å². The van der Waals surface area contributed by atoms with Gasteiger partial charge >= 0.3 is 10.8 Å². The second-order valence-corrected chi connectivity index (χ2v) is 12.1. The molecular weight excluding hydrogens is 516 g/mol. The zero-order valence-electron chi connectivity index (χ0n) is 16.7. The predicted molar refractivity (Wildman–Crippen MR) is 122 cm³/mol. The Morgan fingerprint density at radius 3 is 2.50 bits per heavy atom. The number of hydrogen-bond donors (Lipinski definition) is 2. The smallest absolute Gasteiger partial charge is 0.305 e. The molecular formula is C22H19BrN2O5S2. The van der Waals surface area contributed by atoms with Crippen molar-refractivity contribution in [3.8, 4) is 0 Å². The van der Waals surface area contributed by atoms with Crippen molar-refractivity contribution in [1.29, 1.82) is 0 Å². The number of imide groups is 1. The van der Waals surface area contributed by atoms with Crippen LogP contribution in [0.2, 0.25) is 0 Å². The summed E-state index contributed by atoms with van der Waals surface area (Å²) in [4.78, 5) is 54.8. The van der Waals surface area contributed by atoms with Gasteiger partial charge in [0.2, 0.25) is 11.8 Å². The van der Waals surface area contributed by atoms with Crippen LogP contribution in [0.5, 0.6) is 0 Å². The van der Waals surface area contributed by atoms with Crippen LogP contribution in [0.3, 0.4) is 0 Å². The maximum absolute atomic E-state index is 13.3. The molecule has 7 atom stereocenters. The normalized spacial score (nSPS) is 34.5. The summed E-state index contributed by atoms with van der Waals surface area (Å²) < 4.78 is 0.976. The van der Waals surface area contributed by atoms with Crippen LogP contribution in [0.15, 0.2) is 38.6 Å². The fourth-order valence-electron chi connectivity index (χ4n) is 6.55. The van der Waals surface area contributed by atoms with Gasteiger partial charge in [0.1, 0.15) is 0 Å². The summed E-state index contributed by atoms with van der Waals surface area (Å²) >= 11 is 6.39. The summed E-state index contributed by atoms with van der Waals surface area (Å²) in [6.07, 6.45) is 0.599. The molecule has 166 valence electrons. The van der Waals surface area contributed by atoms with Crippen LogP contribution in [0.1, 0.15) is 29.2 Å². The first-order chi connectivity index (χ1) is 15.3. The van der Waals surface area contributed by atoms with Gasteiger partial charge in [-0.15, -0.1) is 11.8 Å². The number of fused-ring (bicyclic) bond motifs is 9. The highest BCUT2D eigenvalue weighted by Gasteiger charge is 2.69. The number of carboxylic acids is 1. The van der Waals surface area contributed by atoms with Crippen molar-refractivity contribution in [2.75, 3.05) is 6.54 Å². The number of aromatic amines is 1. The first kappa shape index (κ1) is 20.7. The Bertz CT molecular complexity index is 1210. The third kappa shape index (κ3) is 2.85. The van der Waals surface area contributed by atoms with Crippen LogP contribution < -0.4 is 4.87 Å². The number of hydrogen-bond acceptors (Lipinski definition) is 6. The molecule has 1 saturated heterocycles. The minimum absolute atomic E-state index is 0.000205. The van der Waals surface area contributed by atoms with E-state index >= 15 is 0 Å². The van der Waals surface area contributed by atoms with E-state index in [4.69, 9.17) is 5.11 Å². The van der Waals surface area contributed by atoms with Crippen LogP contribution in [0, 0.1) is 29.6 Å². The number of nitrogens with one attached hydrogen (secondary N) is 1. The van der Waals surface area contributed by atoms with Crippen LogP contribution in [0.4, 0.5) is 0 Å². The van der Waals surface area contributed by atoms with Crippen LogP contribution in [-0.4, -0.2) is 44.6 Å². The van der Waals surface area contributed by atoms with Gasteiger partial charge in [-0.05, 0) is 41.9 Å². The quantitative estimate of drug-likeness (QED) is 0.583. The number of carbonyl (C=O) groups is 3. The van der Waals surface area contributed by atoms with Crippen LogP contribution in [-0.2, 0) is 14.4 Å². The maximum atomic E-state index is 13.3. The molecule has 10 heteroatoms. The van der Waals surface area contributed by atoms with E-state index in [1.165, 1.54) is 16.2 Å². The van der Waals surface area contributed by atoms with E-state index in [2.05, 4.69) is 33.0 Å². The number of carboxylic acid groups (broad SMARTS) is 1. The average Bonchev–Trinajstić information content (AvgIpc) is 3.47. The number of benzene rings is 1. The van der Waals surface area contributed by atoms with Gasteiger partial charge in [0.15, 0.2) is 0 Å². The molecule has 1 aromatic carbocycles. The number of thioether (sulfide) groups is 1. The van der Waals surface area contributed by atoms with Crippen molar-refractivity contribution >= 4 is 56.8 Å². The molecule has 4 aliphatic rings. The Balaban J connectivity index is 1.41. The van der Waals surface area contributed by atoms with Gasteiger partial charge in [-0.25, -0.2) is 0 Å². The fraction of sp³-hybridized carbons (Fsp3) is 0.455. The van der Waals surface area contributed by atoms with Gasteiger partial charge in [-0.3, -0.25) is 24.1 Å². The number of thiazole rings is 1. The standard InChI is InChI=1S/C22H19BrN2O5S2/c23-9-3-1-8(2-4-9)13-14-10-7-11(17(14)31-19-18(13)32-22(30)24-19)16-15(10)20(28)25(21(16)29)6-5-12(26)27/h1-4,10-11,13-17H,5-7H2,(H,24,30)(H,26,27)/t10-,11-,13+,14-,15+,16-,17+/m1/s1. The number of halogens is 1. The van der Waals surface area contributed by atoms with E-state index in [1.807, 2.05) is 12.1 Å². The molecule has 0 unspecified atom stereocenters. The summed E-state index contributed by atoms with van der Waals surface area (Å²) in [6, 6.07) is 8.13. The Morgan fingerprint density at radius 1 is 1.12 bits per heavy atom. The number of likely N-dealkylation sites (tertiary alicyclic amines) is 1. The summed E-state index contributed by atoms with van der Waals surface area (Å²) in [5, 5.41) is 10.1. The van der Waals surface area contributed by atoms with Crippen molar-refractivity contribution in [2.45, 2.75) is 29.0 Å². The lowest BCUT2D eigenvalue weighted by Crippen LogP contribution is -2.42. The molecule has 0 spiro atoms. The first-order valence-corrected chi connectivity index (χ1v) is 13.1. The van der Waals surface area contributed by atoms with Crippen LogP contribution in [0.25, 0.3) is 0 Å². The Kier molecular flexibility index (Phi) is 4.71. The van der Waals surface area contributed by atoms with Gasteiger partial charge in [0.05, 0.1) is 23.3 Å². The highest BCUT2D eigenvalue weighted by atomic mass is 79.9. The molecule has 2 bridgehead atoms. The predicted octanol–water partition coefficient (Wildman–Crippen LogP) is 3.15. The van der Waals surface area contributed by atoms with Gasteiger partial charge in [0.25, 0.3) is 0 Å². The van der Waals surface area contributed by atoms with Gasteiger partial charge in [-0.2, -0.15) is 0 Å². The molecule has 2 N–H and O–H groups in total. The topological polar surface area (TPSA) is 108 Å². The number of H-pyrrole nitrogens is 1. The molecule has 2 aromatic rings. The number of aliphatic carboxylic acids is 1. The molecule has 3 fully saturated rings. The van der Waals surface area contributed by atoms with E-state index in [9.17, 15) is 19.2 Å². The maximum Gasteiger partial charge on any atom is 0.305 e. The Hall–Kier alpha value is -1.91. The number of nitrogens with zero attached hydrogens (tertiary/aromatic N) is 1. The summed E-state index contributed by atoms with van der Waals surface area (Å²) in [6.45, 7) is -0.0568. The number of carbonyl (C=O) groups excluding carboxylic acids is 2. The van der Waals surface area contributed by atoms with E-state index in [0.717, 1.165) is 26.4 Å². The molecule has 3 heterocycles. The Morgan fingerprint density at radius 2 is 1.81 bits per heavy atom. The molecule has 7 nitrogen and oxygen atoms in total. The third-order valence-corrected chi connectivity index (χ3v) is 10.7. The van der Waals surface area contributed by atoms with E-state index in [1.54, 1.807) is 11.8 Å². The molecule has 2 aliphatic heterocycles. The van der Waals surface area contributed by atoms with E-state index < -0.39 is 5.97 Å². The zero-order valence-corrected chi connectivity index (χ0v) is 19.9. The molecule has 1 aromatic heterocycles. The largest absolute Gasteiger partial charge is 0.481 e. The highest BCUT2D eigenvalue weighted by molar-refractivity contribution is 9.10. The van der Waals surface area contributed by atoms with Crippen molar-refractivity contribution in [2.24, 2.45) is 29.6 Å². The third-order valence-electron chi connectivity index (χ3n) is 7.59. The fourth-order valence-corrected chi connectivity index (χ4v) is 9.70. The number of amides is 2. The lowest BCUT2D eigenvalue weighted by molar-refractivity contribution is -0.142. The van der Waals surface area contributed by atoms with Crippen LogP contribution >= 0.6 is 39.0 Å². The van der Waals surface area contributed by atoms with Crippen molar-refractivity contribution in [1.82, 2.24) is 9.88 Å². The van der Waals surface area contributed by atoms with E-state index in [0.29, 0.717) is 0 Å². The summed E-state index contributed by atoms with van der Waals surface area (Å²) in [5.74, 6) is -1.92. The van der Waals surface area contributed by atoms with E-state index in [-0.39, 0.29) is 70.4 Å². The molecule has 2 amide bonds. The van der Waals surface area contributed by atoms with Gasteiger partial charge < -0.3 is 10.1 Å².